The first-order valence-electron chi connectivity index (χ1n) is 13.0. The van der Waals surface area contributed by atoms with Crippen molar-refractivity contribution in [3.63, 3.8) is 0 Å². The molecule has 0 saturated heterocycles. The second-order valence-corrected chi connectivity index (χ2v) is 9.79. The number of hydrogen-bond donors (Lipinski definition) is 2. The van der Waals surface area contributed by atoms with E-state index in [0.717, 1.165) is 43.8 Å². The van der Waals surface area contributed by atoms with Gasteiger partial charge in [0, 0.05) is 43.8 Å². The third-order valence-electron chi connectivity index (χ3n) is 7.46. The minimum atomic E-state index is 0. The van der Waals surface area contributed by atoms with Gasteiger partial charge in [-0.1, -0.05) is 97.1 Å². The Morgan fingerprint density at radius 1 is 0.317 bits per heavy atom. The Morgan fingerprint density at radius 3 is 0.829 bits per heavy atom. The molecule has 7 aromatic rings. The van der Waals surface area contributed by atoms with Crippen molar-refractivity contribution in [1.29, 1.82) is 0 Å². The molecule has 4 aromatic carbocycles. The second-order valence-electron chi connectivity index (χ2n) is 9.79. The molecule has 2 aliphatic heterocycles. The molecule has 3 aromatic heterocycles. The van der Waals surface area contributed by atoms with E-state index in [0.29, 0.717) is 45.9 Å². The summed E-state index contributed by atoms with van der Waals surface area (Å²) in [5.41, 5.74) is 6.45. The molecule has 8 nitrogen and oxygen atoms in total. The second kappa shape index (κ2) is 8.94. The maximum Gasteiger partial charge on any atom is 2.00 e. The van der Waals surface area contributed by atoms with Crippen LogP contribution in [0.3, 0.4) is 0 Å². The van der Waals surface area contributed by atoms with E-state index < -0.39 is 0 Å². The van der Waals surface area contributed by atoms with Crippen LogP contribution in [0.2, 0.25) is 0 Å². The molecule has 8 bridgehead atoms. The van der Waals surface area contributed by atoms with Crippen molar-refractivity contribution in [3.8, 4) is 45.6 Å². The maximum absolute atomic E-state index is 5.02. The molecule has 0 atom stereocenters. The number of rotatable bonds is 0. The molecule has 0 fully saturated rings. The fourth-order valence-corrected chi connectivity index (χ4v) is 5.59. The van der Waals surface area contributed by atoms with Crippen LogP contribution in [0.15, 0.2) is 97.1 Å². The summed E-state index contributed by atoms with van der Waals surface area (Å²) in [5.74, 6) is 2.39. The standard InChI is InChI=1S/C32H18N8.Rh/c1-2-10-18-17(9-1)25-33-26(18)38-28-21-13-5-6-14-22(21)30(35-28)40-32-24-16-8-7-15-23(24)31(36-32)39-29-20-12-4-3-11-19(20)27(34-29)37-25;/h1-16H,(H2,33,34,35,36,37,38,39,40);/q;+2. The van der Waals surface area contributed by atoms with E-state index in [9.17, 15) is 0 Å². The van der Waals surface area contributed by atoms with Crippen LogP contribution in [-0.2, 0) is 19.5 Å². The smallest absolute Gasteiger partial charge is 0.324 e. The first-order valence-corrected chi connectivity index (χ1v) is 13.0. The van der Waals surface area contributed by atoms with Gasteiger partial charge in [0.25, 0.3) is 0 Å². The molecule has 9 heteroatoms. The minimum absolute atomic E-state index is 0. The predicted molar refractivity (Wildman–Crippen MR) is 156 cm³/mol. The SMILES string of the molecule is [Rh+2].c1ccc2c(c1)-c1nc-2nc2[nH]c(nc3nc(nc4[nH]c(n1)c1ccccc41)-c1ccccc1-3)c1ccccc21. The summed E-state index contributed by atoms with van der Waals surface area (Å²) in [6.07, 6.45) is 0. The van der Waals surface area contributed by atoms with Gasteiger partial charge in [0.2, 0.25) is 0 Å². The maximum atomic E-state index is 5.02. The van der Waals surface area contributed by atoms with Crippen molar-refractivity contribution >= 4 is 44.1 Å². The molecule has 5 heterocycles. The number of nitrogens with one attached hydrogen (secondary N) is 2. The van der Waals surface area contributed by atoms with Crippen LogP contribution in [0.25, 0.3) is 89.7 Å². The molecular weight excluding hydrogens is 599 g/mol. The van der Waals surface area contributed by atoms with Crippen molar-refractivity contribution in [2.24, 2.45) is 0 Å². The van der Waals surface area contributed by atoms with Crippen molar-refractivity contribution in [2.75, 3.05) is 0 Å². The molecule has 9 rings (SSSR count). The number of aromatic amines is 2. The van der Waals surface area contributed by atoms with E-state index in [-0.39, 0.29) is 19.5 Å². The quantitative estimate of drug-likeness (QED) is 0.180. The molecule has 2 aliphatic rings. The molecule has 0 aliphatic carbocycles. The Labute approximate surface area is 245 Å². The van der Waals surface area contributed by atoms with Crippen LogP contribution in [0.5, 0.6) is 0 Å². The molecule has 0 saturated carbocycles. The van der Waals surface area contributed by atoms with Gasteiger partial charge >= 0.3 is 19.5 Å². The molecule has 0 spiro atoms. The fourth-order valence-electron chi connectivity index (χ4n) is 5.59. The van der Waals surface area contributed by atoms with E-state index in [2.05, 4.69) is 9.97 Å². The number of hydrogen-bond acceptors (Lipinski definition) is 6. The van der Waals surface area contributed by atoms with Crippen LogP contribution in [0.1, 0.15) is 0 Å². The first kappa shape index (κ1) is 23.7. The van der Waals surface area contributed by atoms with E-state index in [4.69, 9.17) is 29.9 Å². The van der Waals surface area contributed by atoms with Gasteiger partial charge in [-0.2, -0.15) is 0 Å². The first-order chi connectivity index (χ1) is 19.8. The number of aromatic nitrogens is 8. The summed E-state index contributed by atoms with van der Waals surface area (Å²) in [6, 6.07) is 32.2. The summed E-state index contributed by atoms with van der Waals surface area (Å²) in [5, 5.41) is 3.82. The van der Waals surface area contributed by atoms with Gasteiger partial charge < -0.3 is 9.97 Å². The minimum Gasteiger partial charge on any atom is -0.324 e. The predicted octanol–water partition coefficient (Wildman–Crippen LogP) is 6.87. The van der Waals surface area contributed by atoms with Crippen LogP contribution >= 0.6 is 0 Å². The van der Waals surface area contributed by atoms with Gasteiger partial charge in [-0.05, 0) is 0 Å². The zero-order valence-corrected chi connectivity index (χ0v) is 22.9. The number of H-pyrrole nitrogens is 2. The Hall–Kier alpha value is -5.14. The van der Waals surface area contributed by atoms with Gasteiger partial charge in [0.05, 0.1) is 0 Å². The molecule has 2 N–H and O–H groups in total. The summed E-state index contributed by atoms with van der Waals surface area (Å²) in [7, 11) is 0. The summed E-state index contributed by atoms with van der Waals surface area (Å²) < 4.78 is 0. The van der Waals surface area contributed by atoms with Gasteiger partial charge in [0.15, 0.2) is 23.3 Å². The zero-order chi connectivity index (χ0) is 26.2. The Balaban J connectivity index is 0.00000256. The molecular formula is C32H18N8Rh+2. The number of fused-ring (bicyclic) bond motifs is 20. The van der Waals surface area contributed by atoms with Gasteiger partial charge in [-0.3, -0.25) is 0 Å². The summed E-state index contributed by atoms with van der Waals surface area (Å²) in [4.78, 5) is 36.8. The van der Waals surface area contributed by atoms with E-state index in [1.54, 1.807) is 0 Å². The van der Waals surface area contributed by atoms with E-state index in [1.165, 1.54) is 0 Å². The van der Waals surface area contributed by atoms with Gasteiger partial charge in [-0.25, -0.2) is 29.9 Å². The van der Waals surface area contributed by atoms with Gasteiger partial charge in [-0.15, -0.1) is 0 Å². The van der Waals surface area contributed by atoms with Crippen LogP contribution in [0.4, 0.5) is 0 Å². The Bertz CT molecular complexity index is 2030. The average molecular weight is 617 g/mol. The topological polar surface area (TPSA) is 109 Å². The summed E-state index contributed by atoms with van der Waals surface area (Å²) in [6.45, 7) is 0. The molecule has 0 amide bonds. The Kier molecular flexibility index (Phi) is 5.17. The van der Waals surface area contributed by atoms with Crippen molar-refractivity contribution < 1.29 is 19.5 Å². The molecule has 0 unspecified atom stereocenters. The van der Waals surface area contributed by atoms with Crippen LogP contribution in [0, 0.1) is 0 Å². The van der Waals surface area contributed by atoms with E-state index >= 15 is 0 Å². The van der Waals surface area contributed by atoms with Crippen molar-refractivity contribution in [3.05, 3.63) is 97.1 Å². The number of nitrogens with zero attached hydrogens (tertiary/aromatic N) is 6. The largest absolute Gasteiger partial charge is 2.00 e. The van der Waals surface area contributed by atoms with Crippen molar-refractivity contribution in [2.45, 2.75) is 0 Å². The third kappa shape index (κ3) is 3.56. The molecule has 41 heavy (non-hydrogen) atoms. The molecule has 1 radical (unpaired) electrons. The zero-order valence-electron chi connectivity index (χ0n) is 21.3. The van der Waals surface area contributed by atoms with E-state index in [1.807, 2.05) is 97.1 Å². The normalized spacial score (nSPS) is 11.7. The number of benzene rings is 4. The van der Waals surface area contributed by atoms with Crippen LogP contribution in [-0.4, -0.2) is 39.9 Å². The van der Waals surface area contributed by atoms with Crippen molar-refractivity contribution in [1.82, 2.24) is 39.9 Å². The van der Waals surface area contributed by atoms with Gasteiger partial charge in [0.1, 0.15) is 22.6 Å². The molecule has 193 valence electrons. The monoisotopic (exact) mass is 617 g/mol. The average Bonchev–Trinajstić information content (AvgIpc) is 3.73. The summed E-state index contributed by atoms with van der Waals surface area (Å²) >= 11 is 0. The van der Waals surface area contributed by atoms with Crippen LogP contribution < -0.4 is 0 Å². The third-order valence-corrected chi connectivity index (χ3v) is 7.46. The fraction of sp³-hybridized carbons (Fsp3) is 0. The Morgan fingerprint density at radius 2 is 0.561 bits per heavy atom.